The van der Waals surface area contributed by atoms with Crippen LogP contribution in [-0.4, -0.2) is 62.8 Å². The second-order valence-corrected chi connectivity index (χ2v) is 7.73. The molecule has 1 fully saturated rings. The number of nitrogens with one attached hydrogen (secondary N) is 1. The number of carbonyl (C=O) groups is 1. The lowest BCUT2D eigenvalue weighted by Crippen LogP contribution is -2.54. The van der Waals surface area contributed by atoms with Crippen molar-refractivity contribution in [3.8, 4) is 0 Å². The van der Waals surface area contributed by atoms with Gasteiger partial charge in [-0.2, -0.15) is 5.10 Å². The molecule has 1 saturated heterocycles. The number of rotatable bonds is 5. The number of nitrogens with zero attached hydrogens (tertiary/aromatic N) is 6. The first-order valence-corrected chi connectivity index (χ1v) is 9.93. The van der Waals surface area contributed by atoms with Crippen LogP contribution in [0, 0.1) is 0 Å². The highest BCUT2D eigenvalue weighted by Crippen LogP contribution is 2.23. The summed E-state index contributed by atoms with van der Waals surface area (Å²) in [5.74, 6) is 0.996. The number of hydrogen-bond donors (Lipinski definition) is 1. The molecule has 0 spiro atoms. The molecule has 1 aliphatic rings. The van der Waals surface area contributed by atoms with Gasteiger partial charge in [-0.15, -0.1) is 11.3 Å². The van der Waals surface area contributed by atoms with E-state index in [0.29, 0.717) is 6.54 Å². The largest absolute Gasteiger partial charge is 0.353 e. The van der Waals surface area contributed by atoms with Gasteiger partial charge in [0.05, 0.1) is 24.2 Å². The van der Waals surface area contributed by atoms with Crippen molar-refractivity contribution in [2.24, 2.45) is 7.05 Å². The third kappa shape index (κ3) is 3.65. The number of anilines is 1. The first kappa shape index (κ1) is 17.9. The molecule has 142 valence electrons. The highest BCUT2D eigenvalue weighted by atomic mass is 32.1. The molecule has 1 aliphatic heterocycles. The molecule has 0 aliphatic carbocycles. The number of fused-ring (bicyclic) bond motifs is 1. The van der Waals surface area contributed by atoms with Crippen molar-refractivity contribution in [3.05, 3.63) is 34.9 Å². The number of aromatic nitrogens is 4. The highest BCUT2D eigenvalue weighted by molar-refractivity contribution is 7.09. The zero-order valence-electron chi connectivity index (χ0n) is 15.5. The minimum absolute atomic E-state index is 0.0773. The van der Waals surface area contributed by atoms with Gasteiger partial charge >= 0.3 is 0 Å². The Hall–Kier alpha value is -2.52. The fourth-order valence-corrected chi connectivity index (χ4v) is 4.07. The van der Waals surface area contributed by atoms with E-state index in [2.05, 4.69) is 30.2 Å². The fourth-order valence-electron chi connectivity index (χ4n) is 3.42. The molecule has 0 saturated carbocycles. The molecule has 0 radical (unpaired) electrons. The zero-order valence-corrected chi connectivity index (χ0v) is 16.3. The maximum Gasteiger partial charge on any atom is 0.237 e. The van der Waals surface area contributed by atoms with E-state index >= 15 is 0 Å². The van der Waals surface area contributed by atoms with E-state index in [1.54, 1.807) is 22.3 Å². The Kier molecular flexibility index (Phi) is 5.04. The Morgan fingerprint density at radius 2 is 2.11 bits per heavy atom. The van der Waals surface area contributed by atoms with Crippen LogP contribution in [0.2, 0.25) is 0 Å². The smallest absolute Gasteiger partial charge is 0.237 e. The van der Waals surface area contributed by atoms with Gasteiger partial charge in [0, 0.05) is 38.1 Å². The van der Waals surface area contributed by atoms with Crippen molar-refractivity contribution in [2.75, 3.05) is 31.1 Å². The second kappa shape index (κ2) is 7.61. The van der Waals surface area contributed by atoms with Crippen molar-refractivity contribution < 1.29 is 4.79 Å². The summed E-state index contributed by atoms with van der Waals surface area (Å²) in [6, 6.07) is 3.90. The van der Waals surface area contributed by atoms with Crippen molar-refractivity contribution in [1.82, 2.24) is 30.0 Å². The van der Waals surface area contributed by atoms with E-state index in [1.807, 2.05) is 37.7 Å². The lowest BCUT2D eigenvalue weighted by Gasteiger charge is -2.38. The minimum atomic E-state index is -0.143. The molecule has 8 nitrogen and oxygen atoms in total. The average Bonchev–Trinajstić information content (AvgIpc) is 3.36. The lowest BCUT2D eigenvalue weighted by atomic mass is 10.2. The maximum absolute atomic E-state index is 12.5. The molecule has 0 aromatic carbocycles. The molecule has 3 aromatic rings. The van der Waals surface area contributed by atoms with Crippen LogP contribution in [0.25, 0.3) is 11.0 Å². The normalized spacial score (nSPS) is 16.6. The second-order valence-electron chi connectivity index (χ2n) is 6.70. The van der Waals surface area contributed by atoms with Gasteiger partial charge in [0.2, 0.25) is 5.91 Å². The summed E-state index contributed by atoms with van der Waals surface area (Å²) >= 11 is 1.66. The first-order valence-electron chi connectivity index (χ1n) is 9.05. The third-order valence-corrected chi connectivity index (χ3v) is 5.94. The summed E-state index contributed by atoms with van der Waals surface area (Å²) in [4.78, 5) is 26.9. The summed E-state index contributed by atoms with van der Waals surface area (Å²) in [5, 5.41) is 10.3. The monoisotopic (exact) mass is 385 g/mol. The van der Waals surface area contributed by atoms with Crippen LogP contribution >= 0.6 is 11.3 Å². The molecule has 1 amide bonds. The van der Waals surface area contributed by atoms with Crippen LogP contribution in [0.1, 0.15) is 11.8 Å². The number of carbonyl (C=O) groups excluding carboxylic acids is 1. The molecule has 3 aromatic heterocycles. The van der Waals surface area contributed by atoms with Crippen LogP contribution in [0.5, 0.6) is 0 Å². The van der Waals surface area contributed by atoms with E-state index in [0.717, 1.165) is 43.0 Å². The molecule has 4 rings (SSSR count). The van der Waals surface area contributed by atoms with Crippen molar-refractivity contribution in [2.45, 2.75) is 19.5 Å². The summed E-state index contributed by atoms with van der Waals surface area (Å²) in [6.07, 6.45) is 3.41. The number of aryl methyl sites for hydroxylation is 1. The predicted molar refractivity (Wildman–Crippen MR) is 106 cm³/mol. The Morgan fingerprint density at radius 3 is 2.85 bits per heavy atom. The van der Waals surface area contributed by atoms with Crippen LogP contribution in [0.15, 0.2) is 30.0 Å². The number of amides is 1. The van der Waals surface area contributed by atoms with Gasteiger partial charge in [0.15, 0.2) is 5.65 Å². The minimum Gasteiger partial charge on any atom is -0.353 e. The Labute approximate surface area is 161 Å². The molecular formula is C18H23N7OS. The molecule has 1 unspecified atom stereocenters. The molecule has 27 heavy (non-hydrogen) atoms. The summed E-state index contributed by atoms with van der Waals surface area (Å²) in [5.41, 5.74) is 0.837. The standard InChI is InChI=1S/C18H23N7OS/c1-13(18(26)19-10-14-4-3-9-27-14)24-5-7-25(8-6-24)17-15-11-22-23(2)16(15)20-12-21-17/h3-4,9,11-13H,5-8,10H2,1-2H3,(H,19,26). The average molecular weight is 385 g/mol. The van der Waals surface area contributed by atoms with Gasteiger partial charge in [-0.3, -0.25) is 14.4 Å². The van der Waals surface area contributed by atoms with Crippen molar-refractivity contribution in [3.63, 3.8) is 0 Å². The van der Waals surface area contributed by atoms with E-state index in [4.69, 9.17) is 0 Å². The summed E-state index contributed by atoms with van der Waals surface area (Å²) < 4.78 is 1.76. The van der Waals surface area contributed by atoms with Crippen LogP contribution in [-0.2, 0) is 18.4 Å². The first-order chi connectivity index (χ1) is 13.1. The quantitative estimate of drug-likeness (QED) is 0.712. The zero-order chi connectivity index (χ0) is 18.8. The van der Waals surface area contributed by atoms with Crippen LogP contribution in [0.4, 0.5) is 5.82 Å². The van der Waals surface area contributed by atoms with Gasteiger partial charge in [-0.1, -0.05) is 6.07 Å². The van der Waals surface area contributed by atoms with Gasteiger partial charge < -0.3 is 10.2 Å². The topological polar surface area (TPSA) is 79.2 Å². The number of hydrogen-bond acceptors (Lipinski definition) is 7. The molecule has 4 heterocycles. The molecule has 1 atom stereocenters. The van der Waals surface area contributed by atoms with Gasteiger partial charge in [-0.25, -0.2) is 9.97 Å². The molecule has 0 bridgehead atoms. The third-order valence-electron chi connectivity index (χ3n) is 5.07. The Morgan fingerprint density at radius 1 is 1.30 bits per heavy atom. The van der Waals surface area contributed by atoms with E-state index in [9.17, 15) is 4.79 Å². The van der Waals surface area contributed by atoms with Crippen LogP contribution in [0.3, 0.4) is 0 Å². The summed E-state index contributed by atoms with van der Waals surface area (Å²) in [6.45, 7) is 5.86. The Balaban J connectivity index is 1.36. The van der Waals surface area contributed by atoms with E-state index in [-0.39, 0.29) is 11.9 Å². The van der Waals surface area contributed by atoms with Crippen LogP contribution < -0.4 is 10.2 Å². The molecular weight excluding hydrogens is 362 g/mol. The number of thiophene rings is 1. The maximum atomic E-state index is 12.5. The summed E-state index contributed by atoms with van der Waals surface area (Å²) in [7, 11) is 1.88. The highest BCUT2D eigenvalue weighted by Gasteiger charge is 2.27. The molecule has 1 N–H and O–H groups in total. The van der Waals surface area contributed by atoms with E-state index in [1.165, 1.54) is 4.88 Å². The predicted octanol–water partition coefficient (Wildman–Crippen LogP) is 1.25. The van der Waals surface area contributed by atoms with Gasteiger partial charge in [0.1, 0.15) is 12.1 Å². The van der Waals surface area contributed by atoms with Crippen molar-refractivity contribution in [1.29, 1.82) is 0 Å². The lowest BCUT2D eigenvalue weighted by molar-refractivity contribution is -0.126. The van der Waals surface area contributed by atoms with Gasteiger partial charge in [-0.05, 0) is 18.4 Å². The van der Waals surface area contributed by atoms with Crippen molar-refractivity contribution >= 4 is 34.1 Å². The number of piperazine rings is 1. The Bertz CT molecular complexity index is 915. The van der Waals surface area contributed by atoms with Gasteiger partial charge in [0.25, 0.3) is 0 Å². The molecule has 9 heteroatoms. The van der Waals surface area contributed by atoms with E-state index < -0.39 is 0 Å². The SMILES string of the molecule is CC(C(=O)NCc1cccs1)N1CCN(c2ncnc3c2cnn3C)CC1. The fraction of sp³-hybridized carbons (Fsp3) is 0.444.